The monoisotopic (exact) mass is 337 g/mol. The number of aryl methyl sites for hydroxylation is 1. The van der Waals surface area contributed by atoms with Gasteiger partial charge in [0.15, 0.2) is 6.61 Å². The van der Waals surface area contributed by atoms with Crippen LogP contribution in [0.5, 0.6) is 0 Å². The van der Waals surface area contributed by atoms with E-state index < -0.39 is 18.5 Å². The Bertz CT molecular complexity index is 678. The molecule has 1 aromatic carbocycles. The number of benzene rings is 1. The maximum absolute atomic E-state index is 11.8. The third kappa shape index (κ3) is 4.72. The first-order chi connectivity index (χ1) is 11.0. The lowest BCUT2D eigenvalue weighted by Crippen LogP contribution is -2.30. The third-order valence-electron chi connectivity index (χ3n) is 3.08. The molecule has 23 heavy (non-hydrogen) atoms. The first kappa shape index (κ1) is 16.8. The Balaban J connectivity index is 1.73. The van der Waals surface area contributed by atoms with E-state index >= 15 is 0 Å². The SMILES string of the molecule is Cc1noc(N)c1C(=O)OCC(=O)NCCc1ccc(Cl)cc1. The molecule has 0 aliphatic rings. The predicted octanol–water partition coefficient (Wildman–Crippen LogP) is 1.73. The molecule has 1 amide bonds. The van der Waals surface area contributed by atoms with Crippen LogP contribution >= 0.6 is 11.6 Å². The van der Waals surface area contributed by atoms with Gasteiger partial charge in [0.05, 0.1) is 5.69 Å². The molecule has 7 nitrogen and oxygen atoms in total. The molecule has 2 aromatic rings. The van der Waals surface area contributed by atoms with Gasteiger partial charge in [-0.25, -0.2) is 4.79 Å². The summed E-state index contributed by atoms with van der Waals surface area (Å²) in [4.78, 5) is 23.4. The molecule has 0 unspecified atom stereocenters. The number of carbonyl (C=O) groups excluding carboxylic acids is 2. The molecule has 0 radical (unpaired) electrons. The lowest BCUT2D eigenvalue weighted by molar-refractivity contribution is -0.124. The van der Waals surface area contributed by atoms with Crippen LogP contribution in [0, 0.1) is 6.92 Å². The number of halogens is 1. The molecule has 0 bridgehead atoms. The fourth-order valence-corrected chi connectivity index (χ4v) is 2.01. The Morgan fingerprint density at radius 2 is 2.04 bits per heavy atom. The van der Waals surface area contributed by atoms with Crippen molar-refractivity contribution < 1.29 is 18.8 Å². The number of rotatable bonds is 6. The molecular weight excluding hydrogens is 322 g/mol. The fraction of sp³-hybridized carbons (Fsp3) is 0.267. The molecule has 1 heterocycles. The first-order valence-corrected chi connectivity index (χ1v) is 7.25. The second-order valence-corrected chi connectivity index (χ2v) is 5.25. The minimum atomic E-state index is -0.742. The molecule has 1 aromatic heterocycles. The van der Waals surface area contributed by atoms with Crippen LogP contribution in [-0.4, -0.2) is 30.2 Å². The minimum absolute atomic E-state index is 0.0407. The average Bonchev–Trinajstić information content (AvgIpc) is 2.86. The molecule has 2 rings (SSSR count). The number of hydrogen-bond acceptors (Lipinski definition) is 6. The van der Waals surface area contributed by atoms with Gasteiger partial charge in [-0.05, 0) is 31.0 Å². The highest BCUT2D eigenvalue weighted by Gasteiger charge is 2.20. The van der Waals surface area contributed by atoms with E-state index in [0.717, 1.165) is 5.56 Å². The molecule has 3 N–H and O–H groups in total. The van der Waals surface area contributed by atoms with Gasteiger partial charge < -0.3 is 20.3 Å². The van der Waals surface area contributed by atoms with Gasteiger partial charge in [0.1, 0.15) is 5.56 Å². The van der Waals surface area contributed by atoms with Crippen molar-refractivity contribution in [3.8, 4) is 0 Å². The van der Waals surface area contributed by atoms with E-state index in [-0.39, 0.29) is 11.4 Å². The summed E-state index contributed by atoms with van der Waals surface area (Å²) in [5.74, 6) is -1.27. The van der Waals surface area contributed by atoms with Gasteiger partial charge in [0.25, 0.3) is 5.91 Å². The molecule has 122 valence electrons. The van der Waals surface area contributed by atoms with Crippen molar-refractivity contribution in [2.45, 2.75) is 13.3 Å². The molecule has 0 saturated carbocycles. The Morgan fingerprint density at radius 3 is 2.65 bits per heavy atom. The summed E-state index contributed by atoms with van der Waals surface area (Å²) in [5.41, 5.74) is 6.86. The van der Waals surface area contributed by atoms with E-state index in [9.17, 15) is 9.59 Å². The van der Waals surface area contributed by atoms with Crippen molar-refractivity contribution in [3.63, 3.8) is 0 Å². The summed E-state index contributed by atoms with van der Waals surface area (Å²) in [6.07, 6.45) is 0.647. The van der Waals surface area contributed by atoms with Gasteiger partial charge >= 0.3 is 5.97 Å². The van der Waals surface area contributed by atoms with Crippen LogP contribution in [0.4, 0.5) is 5.88 Å². The van der Waals surface area contributed by atoms with Gasteiger partial charge in [-0.2, -0.15) is 0 Å². The summed E-state index contributed by atoms with van der Waals surface area (Å²) in [7, 11) is 0. The topological polar surface area (TPSA) is 107 Å². The smallest absolute Gasteiger partial charge is 0.346 e. The van der Waals surface area contributed by atoms with E-state index in [1.807, 2.05) is 12.1 Å². The quantitative estimate of drug-likeness (QED) is 0.777. The number of aromatic nitrogens is 1. The number of amides is 1. The molecular formula is C15H16ClN3O4. The summed E-state index contributed by atoms with van der Waals surface area (Å²) in [5, 5.41) is 6.86. The summed E-state index contributed by atoms with van der Waals surface area (Å²) < 4.78 is 9.54. The number of anilines is 1. The normalized spacial score (nSPS) is 10.3. The molecule has 0 spiro atoms. The van der Waals surface area contributed by atoms with E-state index in [0.29, 0.717) is 23.7 Å². The van der Waals surface area contributed by atoms with Crippen LogP contribution in [0.3, 0.4) is 0 Å². The van der Waals surface area contributed by atoms with Crippen LogP contribution < -0.4 is 11.1 Å². The van der Waals surface area contributed by atoms with E-state index in [1.165, 1.54) is 0 Å². The van der Waals surface area contributed by atoms with Crippen LogP contribution in [0.1, 0.15) is 21.6 Å². The lowest BCUT2D eigenvalue weighted by atomic mass is 10.1. The number of hydrogen-bond donors (Lipinski definition) is 2. The molecule has 0 aliphatic heterocycles. The lowest BCUT2D eigenvalue weighted by Gasteiger charge is -2.06. The zero-order valence-electron chi connectivity index (χ0n) is 12.5. The summed E-state index contributed by atoms with van der Waals surface area (Å²) >= 11 is 5.79. The summed E-state index contributed by atoms with van der Waals surface area (Å²) in [6, 6.07) is 7.33. The predicted molar refractivity (Wildman–Crippen MR) is 84.1 cm³/mol. The molecule has 0 saturated heterocycles. The zero-order chi connectivity index (χ0) is 16.8. The molecule has 8 heteroatoms. The number of nitrogen functional groups attached to an aromatic ring is 1. The average molecular weight is 338 g/mol. The molecule has 0 aliphatic carbocycles. The number of nitrogens with two attached hydrogens (primary N) is 1. The second kappa shape index (κ2) is 7.64. The van der Waals surface area contributed by atoms with Crippen LogP contribution in [0.15, 0.2) is 28.8 Å². The molecule has 0 atom stereocenters. The second-order valence-electron chi connectivity index (χ2n) is 4.81. The number of nitrogens with one attached hydrogen (secondary N) is 1. The minimum Gasteiger partial charge on any atom is -0.452 e. The number of esters is 1. The Kier molecular flexibility index (Phi) is 5.59. The van der Waals surface area contributed by atoms with Crippen molar-refractivity contribution >= 4 is 29.4 Å². The van der Waals surface area contributed by atoms with Crippen LogP contribution in [-0.2, 0) is 16.0 Å². The van der Waals surface area contributed by atoms with Crippen LogP contribution in [0.25, 0.3) is 0 Å². The fourth-order valence-electron chi connectivity index (χ4n) is 1.89. The zero-order valence-corrected chi connectivity index (χ0v) is 13.2. The highest BCUT2D eigenvalue weighted by molar-refractivity contribution is 6.30. The summed E-state index contributed by atoms with van der Waals surface area (Å²) in [6.45, 7) is 1.58. The van der Waals surface area contributed by atoms with E-state index in [2.05, 4.69) is 15.0 Å². The Hall–Kier alpha value is -2.54. The standard InChI is InChI=1S/C15H16ClN3O4/c1-9-13(14(17)23-19-9)15(21)22-8-12(20)18-7-6-10-2-4-11(16)5-3-10/h2-5H,6-8,17H2,1H3,(H,18,20). The number of nitrogens with zero attached hydrogens (tertiary/aromatic N) is 1. The highest BCUT2D eigenvalue weighted by Crippen LogP contribution is 2.16. The van der Waals surface area contributed by atoms with Gasteiger partial charge in [0, 0.05) is 11.6 Å². The Morgan fingerprint density at radius 1 is 1.35 bits per heavy atom. The van der Waals surface area contributed by atoms with Crippen molar-refractivity contribution in [1.82, 2.24) is 10.5 Å². The number of ether oxygens (including phenoxy) is 1. The maximum atomic E-state index is 11.8. The molecule has 0 fully saturated rings. The van der Waals surface area contributed by atoms with Gasteiger partial charge in [-0.15, -0.1) is 0 Å². The van der Waals surface area contributed by atoms with E-state index in [1.54, 1.807) is 19.1 Å². The van der Waals surface area contributed by atoms with Gasteiger partial charge in [-0.1, -0.05) is 28.9 Å². The largest absolute Gasteiger partial charge is 0.452 e. The van der Waals surface area contributed by atoms with Crippen molar-refractivity contribution in [2.24, 2.45) is 0 Å². The third-order valence-corrected chi connectivity index (χ3v) is 3.33. The first-order valence-electron chi connectivity index (χ1n) is 6.87. The van der Waals surface area contributed by atoms with Gasteiger partial charge in [-0.3, -0.25) is 4.79 Å². The maximum Gasteiger partial charge on any atom is 0.346 e. The van der Waals surface area contributed by atoms with Crippen molar-refractivity contribution in [3.05, 3.63) is 46.1 Å². The van der Waals surface area contributed by atoms with Gasteiger partial charge in [0.2, 0.25) is 5.88 Å². The van der Waals surface area contributed by atoms with Crippen molar-refractivity contribution in [2.75, 3.05) is 18.9 Å². The highest BCUT2D eigenvalue weighted by atomic mass is 35.5. The van der Waals surface area contributed by atoms with E-state index in [4.69, 9.17) is 22.1 Å². The van der Waals surface area contributed by atoms with Crippen molar-refractivity contribution in [1.29, 1.82) is 0 Å². The Labute approximate surface area is 137 Å². The number of carbonyl (C=O) groups is 2. The van der Waals surface area contributed by atoms with Crippen LogP contribution in [0.2, 0.25) is 5.02 Å².